The second-order valence-electron chi connectivity index (χ2n) is 7.12. The number of rotatable bonds is 5. The van der Waals surface area contributed by atoms with Crippen LogP contribution in [0.5, 0.6) is 0 Å². The molecule has 1 fully saturated rings. The zero-order chi connectivity index (χ0) is 20.5. The topological polar surface area (TPSA) is 46.2 Å². The zero-order valence-corrected chi connectivity index (χ0v) is 16.8. The first-order valence-electron chi connectivity index (χ1n) is 9.64. The molecule has 0 saturated carbocycles. The van der Waals surface area contributed by atoms with E-state index in [9.17, 15) is 4.39 Å². The highest BCUT2D eigenvalue weighted by atomic mass is 32.1. The molecule has 1 N–H and O–H groups in total. The number of thiocarbonyl (C=S) groups is 1. The van der Waals surface area contributed by atoms with Crippen LogP contribution in [0.25, 0.3) is 5.69 Å². The molecule has 7 heteroatoms. The number of nitrogens with zero attached hydrogens (tertiary/aromatic N) is 3. The Hall–Kier alpha value is -3.45. The lowest BCUT2D eigenvalue weighted by molar-refractivity contribution is 0.280. The van der Waals surface area contributed by atoms with E-state index >= 15 is 0 Å². The van der Waals surface area contributed by atoms with Gasteiger partial charge in [0.05, 0.1) is 30.6 Å². The van der Waals surface area contributed by atoms with Crippen molar-refractivity contribution in [1.29, 1.82) is 0 Å². The van der Waals surface area contributed by atoms with Gasteiger partial charge in [-0.25, -0.2) is 4.39 Å². The molecular weight excluding hydrogens is 399 g/mol. The highest BCUT2D eigenvalue weighted by molar-refractivity contribution is 7.80. The molecule has 0 aliphatic carbocycles. The average Bonchev–Trinajstić information content (AvgIpc) is 3.50. The van der Waals surface area contributed by atoms with Crippen LogP contribution in [-0.4, -0.2) is 19.6 Å². The van der Waals surface area contributed by atoms with E-state index in [0.717, 1.165) is 22.8 Å². The van der Waals surface area contributed by atoms with Crippen LogP contribution < -0.4 is 5.32 Å². The lowest BCUT2D eigenvalue weighted by Gasteiger charge is -2.28. The molecule has 0 bridgehead atoms. The van der Waals surface area contributed by atoms with Crippen molar-refractivity contribution in [3.8, 4) is 5.69 Å². The third-order valence-electron chi connectivity index (χ3n) is 5.27. The summed E-state index contributed by atoms with van der Waals surface area (Å²) >= 11 is 5.70. The van der Waals surface area contributed by atoms with Gasteiger partial charge in [0.1, 0.15) is 11.6 Å². The highest BCUT2D eigenvalue weighted by Gasteiger charge is 2.41. The zero-order valence-electron chi connectivity index (χ0n) is 16.0. The summed E-state index contributed by atoms with van der Waals surface area (Å²) in [6.45, 7) is 0.515. The summed E-state index contributed by atoms with van der Waals surface area (Å²) in [5.41, 5.74) is 2.62. The number of hydrogen-bond acceptors (Lipinski definition) is 3. The normalized spacial score (nSPS) is 18.6. The Morgan fingerprint density at radius 1 is 1.07 bits per heavy atom. The van der Waals surface area contributed by atoms with Crippen LogP contribution in [0.3, 0.4) is 0 Å². The number of halogens is 1. The largest absolute Gasteiger partial charge is 0.467 e. The van der Waals surface area contributed by atoms with Crippen LogP contribution in [0.15, 0.2) is 89.8 Å². The molecule has 4 heterocycles. The van der Waals surface area contributed by atoms with Crippen molar-refractivity contribution < 1.29 is 8.81 Å². The van der Waals surface area contributed by atoms with Crippen molar-refractivity contribution >= 4 is 17.3 Å². The van der Waals surface area contributed by atoms with Crippen molar-refractivity contribution in [2.75, 3.05) is 0 Å². The molecule has 5 rings (SSSR count). The molecule has 0 radical (unpaired) electrons. The predicted octanol–water partition coefficient (Wildman–Crippen LogP) is 4.78. The Labute approximate surface area is 178 Å². The summed E-state index contributed by atoms with van der Waals surface area (Å²) in [4.78, 5) is 6.66. The molecule has 4 aromatic rings. The van der Waals surface area contributed by atoms with Crippen LogP contribution in [-0.2, 0) is 6.54 Å². The van der Waals surface area contributed by atoms with Gasteiger partial charge in [-0.2, -0.15) is 0 Å². The Morgan fingerprint density at radius 3 is 2.77 bits per heavy atom. The van der Waals surface area contributed by atoms with Gasteiger partial charge in [0, 0.05) is 23.8 Å². The molecule has 1 aliphatic rings. The Kier molecular flexibility index (Phi) is 4.80. The van der Waals surface area contributed by atoms with Gasteiger partial charge >= 0.3 is 0 Å². The summed E-state index contributed by atoms with van der Waals surface area (Å²) in [6, 6.07) is 19.9. The van der Waals surface area contributed by atoms with Crippen molar-refractivity contribution in [2.24, 2.45) is 0 Å². The Bertz CT molecular complexity index is 1160. The third-order valence-corrected chi connectivity index (χ3v) is 5.63. The number of benzene rings is 1. The molecule has 2 atom stereocenters. The van der Waals surface area contributed by atoms with Gasteiger partial charge in [-0.05, 0) is 66.8 Å². The second-order valence-corrected chi connectivity index (χ2v) is 7.50. The van der Waals surface area contributed by atoms with Crippen LogP contribution in [0.4, 0.5) is 4.39 Å². The van der Waals surface area contributed by atoms with E-state index in [2.05, 4.69) is 15.2 Å². The van der Waals surface area contributed by atoms with Crippen LogP contribution in [0.1, 0.15) is 29.2 Å². The summed E-state index contributed by atoms with van der Waals surface area (Å²) in [7, 11) is 0. The van der Waals surface area contributed by atoms with Gasteiger partial charge in [0.2, 0.25) is 0 Å². The first-order chi connectivity index (χ1) is 14.7. The van der Waals surface area contributed by atoms with Crippen molar-refractivity contribution in [3.63, 3.8) is 0 Å². The Balaban J connectivity index is 1.61. The first-order valence-corrected chi connectivity index (χ1v) is 10.1. The van der Waals surface area contributed by atoms with E-state index in [1.54, 1.807) is 18.5 Å². The standard InChI is InChI=1S/C23H19FN4OS/c24-16-6-3-7-17(14-16)27-12-4-10-20(27)22-21(19-9-1-2-11-25-19)26-23(30)28(22)15-18-8-5-13-29-18/h1-14,21-22H,15H2,(H,26,30)/t21-,22-/m1/s1. The highest BCUT2D eigenvalue weighted by Crippen LogP contribution is 2.40. The number of nitrogens with one attached hydrogen (secondary N) is 1. The van der Waals surface area contributed by atoms with Crippen molar-refractivity contribution in [2.45, 2.75) is 18.6 Å². The minimum absolute atomic E-state index is 0.157. The molecule has 3 aromatic heterocycles. The lowest BCUT2D eigenvalue weighted by atomic mass is 10.0. The number of pyridine rings is 1. The van der Waals surface area contributed by atoms with E-state index in [1.165, 1.54) is 12.1 Å². The van der Waals surface area contributed by atoms with Gasteiger partial charge in [-0.15, -0.1) is 0 Å². The monoisotopic (exact) mass is 418 g/mol. The fraction of sp³-hybridized carbons (Fsp3) is 0.130. The molecule has 5 nitrogen and oxygen atoms in total. The number of furan rings is 1. The molecule has 1 saturated heterocycles. The van der Waals surface area contributed by atoms with Crippen LogP contribution in [0.2, 0.25) is 0 Å². The minimum atomic E-state index is -0.277. The predicted molar refractivity (Wildman–Crippen MR) is 115 cm³/mol. The molecule has 1 aromatic carbocycles. The molecule has 150 valence electrons. The molecular formula is C23H19FN4OS. The summed E-state index contributed by atoms with van der Waals surface area (Å²) in [6.07, 6.45) is 5.37. The molecule has 1 aliphatic heterocycles. The first kappa shape index (κ1) is 18.6. The van der Waals surface area contributed by atoms with Crippen molar-refractivity contribution in [1.82, 2.24) is 19.8 Å². The molecule has 0 amide bonds. The summed E-state index contributed by atoms with van der Waals surface area (Å²) < 4.78 is 21.5. The van der Waals surface area contributed by atoms with E-state index in [1.807, 2.05) is 59.3 Å². The Morgan fingerprint density at radius 2 is 2.00 bits per heavy atom. The van der Waals surface area contributed by atoms with Crippen LogP contribution in [0, 0.1) is 5.82 Å². The van der Waals surface area contributed by atoms with E-state index in [0.29, 0.717) is 11.7 Å². The fourth-order valence-corrected chi connectivity index (χ4v) is 4.27. The third kappa shape index (κ3) is 3.37. The SMILES string of the molecule is Fc1cccc(-n2cccc2[C@@H]2[C@@H](c3ccccn3)NC(=S)N2Cc2ccco2)c1. The van der Waals surface area contributed by atoms with Gasteiger partial charge in [0.15, 0.2) is 5.11 Å². The van der Waals surface area contributed by atoms with Crippen molar-refractivity contribution in [3.05, 3.63) is 108 Å². The molecule has 30 heavy (non-hydrogen) atoms. The maximum Gasteiger partial charge on any atom is 0.170 e. The molecule has 0 spiro atoms. The average molecular weight is 418 g/mol. The summed E-state index contributed by atoms with van der Waals surface area (Å²) in [5, 5.41) is 4.05. The second kappa shape index (κ2) is 7.76. The number of aromatic nitrogens is 2. The van der Waals surface area contributed by atoms with Crippen LogP contribution >= 0.6 is 12.2 Å². The van der Waals surface area contributed by atoms with E-state index in [-0.39, 0.29) is 17.9 Å². The quantitative estimate of drug-likeness (QED) is 0.473. The van der Waals surface area contributed by atoms with Gasteiger partial charge in [-0.3, -0.25) is 4.98 Å². The number of hydrogen-bond donors (Lipinski definition) is 1. The molecule has 0 unspecified atom stereocenters. The van der Waals surface area contributed by atoms with Gasteiger partial charge in [-0.1, -0.05) is 12.1 Å². The fourth-order valence-electron chi connectivity index (χ4n) is 3.96. The van der Waals surface area contributed by atoms with Gasteiger partial charge in [0.25, 0.3) is 0 Å². The lowest BCUT2D eigenvalue weighted by Crippen LogP contribution is -2.29. The summed E-state index contributed by atoms with van der Waals surface area (Å²) in [5.74, 6) is 0.538. The smallest absolute Gasteiger partial charge is 0.170 e. The van der Waals surface area contributed by atoms with E-state index in [4.69, 9.17) is 16.6 Å². The van der Waals surface area contributed by atoms with E-state index < -0.39 is 0 Å². The maximum absolute atomic E-state index is 13.9. The maximum atomic E-state index is 13.9. The van der Waals surface area contributed by atoms with Gasteiger partial charge < -0.3 is 19.2 Å². The minimum Gasteiger partial charge on any atom is -0.467 e.